The van der Waals surface area contributed by atoms with E-state index in [9.17, 15) is 0 Å². The molecule has 6 heteroatoms. The SMILES string of the molecule is Cc1cc(Nc2nc(Cl)nc(C)c2C)n[nH]1. The van der Waals surface area contributed by atoms with Crippen LogP contribution in [-0.2, 0) is 0 Å². The topological polar surface area (TPSA) is 66.5 Å². The zero-order valence-electron chi connectivity index (χ0n) is 9.30. The lowest BCUT2D eigenvalue weighted by atomic mass is 10.2. The smallest absolute Gasteiger partial charge is 0.224 e. The fraction of sp³-hybridized carbons (Fsp3) is 0.300. The van der Waals surface area contributed by atoms with Crippen molar-refractivity contribution in [2.24, 2.45) is 0 Å². The predicted octanol–water partition coefficient (Wildman–Crippen LogP) is 2.52. The lowest BCUT2D eigenvalue weighted by Gasteiger charge is -2.07. The number of aromatic nitrogens is 4. The largest absolute Gasteiger partial charge is 0.323 e. The molecule has 0 radical (unpaired) electrons. The van der Waals surface area contributed by atoms with Gasteiger partial charge in [-0.25, -0.2) is 9.97 Å². The van der Waals surface area contributed by atoms with E-state index >= 15 is 0 Å². The number of nitrogens with one attached hydrogen (secondary N) is 2. The standard InChI is InChI=1S/C10H12ClN5/c1-5-4-8(16-15-5)13-9-6(2)7(3)12-10(11)14-9/h4H,1-3H3,(H2,12,13,14,15,16). The summed E-state index contributed by atoms with van der Waals surface area (Å²) in [5.74, 6) is 1.40. The van der Waals surface area contributed by atoms with E-state index in [4.69, 9.17) is 11.6 Å². The maximum atomic E-state index is 5.80. The molecule has 2 aromatic heterocycles. The molecule has 0 aliphatic rings. The Balaban J connectivity index is 2.34. The van der Waals surface area contributed by atoms with Crippen LogP contribution in [0.3, 0.4) is 0 Å². The molecule has 2 N–H and O–H groups in total. The van der Waals surface area contributed by atoms with Crippen LogP contribution >= 0.6 is 11.6 Å². The summed E-state index contributed by atoms with van der Waals surface area (Å²) in [6, 6.07) is 1.89. The molecule has 0 aliphatic heterocycles. The zero-order valence-corrected chi connectivity index (χ0v) is 10.1. The van der Waals surface area contributed by atoms with Crippen LogP contribution in [0.15, 0.2) is 6.07 Å². The molecule has 0 amide bonds. The number of nitrogens with zero attached hydrogens (tertiary/aromatic N) is 3. The van der Waals surface area contributed by atoms with Crippen LogP contribution in [0.25, 0.3) is 0 Å². The van der Waals surface area contributed by atoms with E-state index in [0.29, 0.717) is 5.82 Å². The van der Waals surface area contributed by atoms with Gasteiger partial charge in [0.1, 0.15) is 5.82 Å². The minimum atomic E-state index is 0.234. The molecule has 16 heavy (non-hydrogen) atoms. The van der Waals surface area contributed by atoms with Crippen LogP contribution in [0.2, 0.25) is 5.28 Å². The van der Waals surface area contributed by atoms with Gasteiger partial charge >= 0.3 is 0 Å². The first-order valence-corrected chi connectivity index (χ1v) is 5.24. The molecular weight excluding hydrogens is 226 g/mol. The second-order valence-corrected chi connectivity index (χ2v) is 3.95. The predicted molar refractivity (Wildman–Crippen MR) is 63.1 cm³/mol. The Morgan fingerprint density at radius 1 is 1.25 bits per heavy atom. The highest BCUT2D eigenvalue weighted by Gasteiger charge is 2.08. The molecule has 0 saturated carbocycles. The van der Waals surface area contributed by atoms with Crippen molar-refractivity contribution >= 4 is 23.2 Å². The van der Waals surface area contributed by atoms with Crippen molar-refractivity contribution in [1.82, 2.24) is 20.2 Å². The highest BCUT2D eigenvalue weighted by Crippen LogP contribution is 2.20. The summed E-state index contributed by atoms with van der Waals surface area (Å²) < 4.78 is 0. The molecule has 2 heterocycles. The van der Waals surface area contributed by atoms with Crippen LogP contribution in [0.5, 0.6) is 0 Å². The number of halogens is 1. The molecule has 2 rings (SSSR count). The van der Waals surface area contributed by atoms with Crippen molar-refractivity contribution in [2.45, 2.75) is 20.8 Å². The van der Waals surface area contributed by atoms with Gasteiger partial charge in [0.05, 0.1) is 0 Å². The molecule has 2 aromatic rings. The van der Waals surface area contributed by atoms with Crippen molar-refractivity contribution in [1.29, 1.82) is 0 Å². The van der Waals surface area contributed by atoms with Gasteiger partial charge in [-0.2, -0.15) is 5.10 Å². The minimum Gasteiger partial charge on any atom is -0.323 e. The number of H-pyrrole nitrogens is 1. The van der Waals surface area contributed by atoms with Gasteiger partial charge in [-0.15, -0.1) is 0 Å². The summed E-state index contributed by atoms with van der Waals surface area (Å²) in [5, 5.41) is 10.3. The Kier molecular flexibility index (Phi) is 2.78. The summed E-state index contributed by atoms with van der Waals surface area (Å²) in [6.07, 6.45) is 0. The molecule has 0 fully saturated rings. The Labute approximate surface area is 98.3 Å². The summed E-state index contributed by atoms with van der Waals surface area (Å²) in [4.78, 5) is 8.19. The van der Waals surface area contributed by atoms with Gasteiger partial charge in [-0.3, -0.25) is 5.10 Å². The summed E-state index contributed by atoms with van der Waals surface area (Å²) in [7, 11) is 0. The van der Waals surface area contributed by atoms with Gasteiger partial charge in [-0.1, -0.05) is 0 Å². The van der Waals surface area contributed by atoms with Crippen molar-refractivity contribution in [2.75, 3.05) is 5.32 Å². The molecule has 5 nitrogen and oxygen atoms in total. The van der Waals surface area contributed by atoms with Gasteiger partial charge in [0.15, 0.2) is 5.82 Å². The van der Waals surface area contributed by atoms with Crippen LogP contribution in [-0.4, -0.2) is 20.2 Å². The Morgan fingerprint density at radius 2 is 2.00 bits per heavy atom. The van der Waals surface area contributed by atoms with E-state index < -0.39 is 0 Å². The Morgan fingerprint density at radius 3 is 2.62 bits per heavy atom. The van der Waals surface area contributed by atoms with Crippen LogP contribution in [0.4, 0.5) is 11.6 Å². The van der Waals surface area contributed by atoms with Crippen LogP contribution in [0.1, 0.15) is 17.0 Å². The molecular formula is C10H12ClN5. The third-order valence-corrected chi connectivity index (χ3v) is 2.48. The molecule has 0 atom stereocenters. The fourth-order valence-corrected chi connectivity index (χ4v) is 1.53. The van der Waals surface area contributed by atoms with Crippen LogP contribution < -0.4 is 5.32 Å². The quantitative estimate of drug-likeness (QED) is 0.788. The second-order valence-electron chi connectivity index (χ2n) is 3.61. The summed E-state index contributed by atoms with van der Waals surface area (Å²) >= 11 is 5.80. The van der Waals surface area contributed by atoms with E-state index in [1.54, 1.807) is 0 Å². The lowest BCUT2D eigenvalue weighted by Crippen LogP contribution is -2.01. The molecule has 0 aromatic carbocycles. The summed E-state index contributed by atoms with van der Waals surface area (Å²) in [5.41, 5.74) is 2.80. The zero-order chi connectivity index (χ0) is 11.7. The van der Waals surface area contributed by atoms with E-state index in [2.05, 4.69) is 25.5 Å². The monoisotopic (exact) mass is 237 g/mol. The average Bonchev–Trinajstić information content (AvgIpc) is 2.60. The summed E-state index contributed by atoms with van der Waals surface area (Å²) in [6.45, 7) is 5.76. The third-order valence-electron chi connectivity index (χ3n) is 2.31. The first-order valence-electron chi connectivity index (χ1n) is 4.86. The maximum Gasteiger partial charge on any atom is 0.224 e. The van der Waals surface area contributed by atoms with Crippen LogP contribution in [0, 0.1) is 20.8 Å². The van der Waals surface area contributed by atoms with Gasteiger partial charge < -0.3 is 5.32 Å². The number of aryl methyl sites for hydroxylation is 2. The average molecular weight is 238 g/mol. The number of hydrogen-bond acceptors (Lipinski definition) is 4. The Bertz CT molecular complexity index is 520. The van der Waals surface area contributed by atoms with E-state index in [-0.39, 0.29) is 5.28 Å². The minimum absolute atomic E-state index is 0.234. The van der Waals surface area contributed by atoms with Gasteiger partial charge in [0, 0.05) is 23.0 Å². The van der Waals surface area contributed by atoms with Crippen molar-refractivity contribution in [3.8, 4) is 0 Å². The number of anilines is 2. The van der Waals surface area contributed by atoms with Crippen molar-refractivity contribution in [3.63, 3.8) is 0 Å². The first kappa shape index (κ1) is 10.9. The molecule has 0 saturated heterocycles. The fourth-order valence-electron chi connectivity index (χ4n) is 1.32. The normalized spacial score (nSPS) is 10.5. The highest BCUT2D eigenvalue weighted by atomic mass is 35.5. The maximum absolute atomic E-state index is 5.80. The number of hydrogen-bond donors (Lipinski definition) is 2. The van der Waals surface area contributed by atoms with E-state index in [0.717, 1.165) is 22.8 Å². The number of rotatable bonds is 2. The molecule has 0 bridgehead atoms. The number of aromatic amines is 1. The molecule has 0 spiro atoms. The Hall–Kier alpha value is -1.62. The van der Waals surface area contributed by atoms with Gasteiger partial charge in [0.2, 0.25) is 5.28 Å². The van der Waals surface area contributed by atoms with Crippen molar-refractivity contribution in [3.05, 3.63) is 28.3 Å². The lowest BCUT2D eigenvalue weighted by molar-refractivity contribution is 1.03. The molecule has 0 unspecified atom stereocenters. The second kappa shape index (κ2) is 4.09. The van der Waals surface area contributed by atoms with E-state index in [1.807, 2.05) is 26.8 Å². The molecule has 84 valence electrons. The highest BCUT2D eigenvalue weighted by molar-refractivity contribution is 6.28. The van der Waals surface area contributed by atoms with Gasteiger partial charge in [0.25, 0.3) is 0 Å². The van der Waals surface area contributed by atoms with E-state index in [1.165, 1.54) is 0 Å². The van der Waals surface area contributed by atoms with Gasteiger partial charge in [-0.05, 0) is 32.4 Å². The molecule has 0 aliphatic carbocycles. The third kappa shape index (κ3) is 2.14. The first-order chi connectivity index (χ1) is 7.56. The van der Waals surface area contributed by atoms with Crippen molar-refractivity contribution < 1.29 is 0 Å².